The maximum atomic E-state index is 12.7. The zero-order valence-corrected chi connectivity index (χ0v) is 14.4. The lowest BCUT2D eigenvalue weighted by atomic mass is 10.2. The third-order valence-corrected chi connectivity index (χ3v) is 5.86. The molecule has 1 heterocycles. The standard InChI is InChI=1S/C18H17NO5S/c1-24-14-9-7-13(8-10-14)12-19-17(20)11-16(18(19)21)25(22,23)15-5-3-2-4-6-15/h2-10,21H,11-12H2,1H3. The molecule has 1 amide bonds. The minimum atomic E-state index is -3.91. The van der Waals surface area contributed by atoms with Crippen molar-refractivity contribution in [2.45, 2.75) is 17.9 Å². The molecule has 7 heteroatoms. The second-order valence-electron chi connectivity index (χ2n) is 5.57. The summed E-state index contributed by atoms with van der Waals surface area (Å²) in [7, 11) is -2.36. The van der Waals surface area contributed by atoms with Crippen LogP contribution in [0.4, 0.5) is 0 Å². The van der Waals surface area contributed by atoms with E-state index in [1.54, 1.807) is 49.6 Å². The second kappa shape index (κ2) is 6.60. The molecule has 6 nitrogen and oxygen atoms in total. The van der Waals surface area contributed by atoms with Gasteiger partial charge in [-0.25, -0.2) is 8.42 Å². The van der Waals surface area contributed by atoms with Crippen LogP contribution in [-0.4, -0.2) is 31.4 Å². The van der Waals surface area contributed by atoms with Crippen molar-refractivity contribution in [3.63, 3.8) is 0 Å². The fourth-order valence-corrected chi connectivity index (χ4v) is 4.08. The van der Waals surface area contributed by atoms with E-state index in [9.17, 15) is 18.3 Å². The molecular weight excluding hydrogens is 342 g/mol. The molecule has 1 aliphatic rings. The Labute approximate surface area is 145 Å². The van der Waals surface area contributed by atoms with Gasteiger partial charge in [0.05, 0.1) is 25.0 Å². The molecule has 3 rings (SSSR count). The Kier molecular flexibility index (Phi) is 4.50. The third-order valence-electron chi connectivity index (χ3n) is 4.00. The first-order chi connectivity index (χ1) is 11.9. The van der Waals surface area contributed by atoms with E-state index in [2.05, 4.69) is 0 Å². The summed E-state index contributed by atoms with van der Waals surface area (Å²) in [5.74, 6) is -0.295. The van der Waals surface area contributed by atoms with Crippen LogP contribution in [-0.2, 0) is 21.2 Å². The Balaban J connectivity index is 1.90. The zero-order valence-electron chi connectivity index (χ0n) is 13.5. The monoisotopic (exact) mass is 359 g/mol. The number of aliphatic hydroxyl groups is 1. The van der Waals surface area contributed by atoms with Crippen LogP contribution < -0.4 is 4.74 Å². The number of hydrogen-bond donors (Lipinski definition) is 1. The van der Waals surface area contributed by atoms with Crippen molar-refractivity contribution in [1.82, 2.24) is 4.90 Å². The first-order valence-corrected chi connectivity index (χ1v) is 9.07. The zero-order chi connectivity index (χ0) is 18.0. The van der Waals surface area contributed by atoms with Gasteiger partial charge < -0.3 is 9.84 Å². The molecular formula is C18H17NO5S. The van der Waals surface area contributed by atoms with Crippen LogP contribution in [0.2, 0.25) is 0 Å². The highest BCUT2D eigenvalue weighted by atomic mass is 32.2. The van der Waals surface area contributed by atoms with Crippen LogP contribution >= 0.6 is 0 Å². The number of amides is 1. The lowest BCUT2D eigenvalue weighted by molar-refractivity contribution is -0.129. The minimum Gasteiger partial charge on any atom is -0.497 e. The molecule has 0 aromatic heterocycles. The topological polar surface area (TPSA) is 83.9 Å². The third kappa shape index (κ3) is 3.23. The van der Waals surface area contributed by atoms with Crippen molar-refractivity contribution in [1.29, 1.82) is 0 Å². The van der Waals surface area contributed by atoms with Crippen molar-refractivity contribution >= 4 is 15.7 Å². The first kappa shape index (κ1) is 17.0. The van der Waals surface area contributed by atoms with Gasteiger partial charge in [-0.15, -0.1) is 0 Å². The summed E-state index contributed by atoms with van der Waals surface area (Å²) in [4.78, 5) is 13.1. The molecule has 2 aromatic carbocycles. The molecule has 130 valence electrons. The van der Waals surface area contributed by atoms with Crippen molar-refractivity contribution in [3.05, 3.63) is 70.9 Å². The maximum Gasteiger partial charge on any atom is 0.235 e. The summed E-state index contributed by atoms with van der Waals surface area (Å²) in [5.41, 5.74) is 0.749. The molecule has 1 aliphatic heterocycles. The quantitative estimate of drug-likeness (QED) is 0.887. The Morgan fingerprint density at radius 3 is 2.32 bits per heavy atom. The summed E-state index contributed by atoms with van der Waals surface area (Å²) >= 11 is 0. The van der Waals surface area contributed by atoms with Gasteiger partial charge in [-0.1, -0.05) is 30.3 Å². The Bertz CT molecular complexity index is 918. The smallest absolute Gasteiger partial charge is 0.235 e. The van der Waals surface area contributed by atoms with Gasteiger partial charge in [0.15, 0.2) is 0 Å². The SMILES string of the molecule is COc1ccc(CN2C(=O)CC(S(=O)(=O)c3ccccc3)=C2O)cc1. The summed E-state index contributed by atoms with van der Waals surface area (Å²) in [5, 5.41) is 10.4. The molecule has 0 aliphatic carbocycles. The number of methoxy groups -OCH3 is 1. The van der Waals surface area contributed by atoms with E-state index < -0.39 is 21.6 Å². The van der Waals surface area contributed by atoms with Crippen LogP contribution in [0.25, 0.3) is 0 Å². The Hall–Kier alpha value is -2.80. The molecule has 0 atom stereocenters. The predicted molar refractivity (Wildman–Crippen MR) is 91.4 cm³/mol. The fraction of sp³-hybridized carbons (Fsp3) is 0.167. The van der Waals surface area contributed by atoms with Gasteiger partial charge in [0, 0.05) is 0 Å². The minimum absolute atomic E-state index is 0.0515. The van der Waals surface area contributed by atoms with Crippen LogP contribution in [0, 0.1) is 0 Å². The predicted octanol–water partition coefficient (Wildman–Crippen LogP) is 2.63. The number of benzene rings is 2. The van der Waals surface area contributed by atoms with E-state index in [4.69, 9.17) is 4.74 Å². The van der Waals surface area contributed by atoms with E-state index >= 15 is 0 Å². The normalized spacial score (nSPS) is 14.9. The highest BCUT2D eigenvalue weighted by molar-refractivity contribution is 7.95. The molecule has 0 bridgehead atoms. The average Bonchev–Trinajstić information content (AvgIpc) is 2.92. The van der Waals surface area contributed by atoms with E-state index in [0.29, 0.717) is 5.75 Å². The van der Waals surface area contributed by atoms with Crippen molar-refractivity contribution in [3.8, 4) is 5.75 Å². The Morgan fingerprint density at radius 1 is 1.08 bits per heavy atom. The van der Waals surface area contributed by atoms with Gasteiger partial charge >= 0.3 is 0 Å². The number of aliphatic hydroxyl groups excluding tert-OH is 1. The van der Waals surface area contributed by atoms with Crippen molar-refractivity contribution in [2.24, 2.45) is 0 Å². The van der Waals surface area contributed by atoms with Crippen LogP contribution in [0.15, 0.2) is 70.3 Å². The van der Waals surface area contributed by atoms with Gasteiger partial charge in [-0.3, -0.25) is 9.69 Å². The largest absolute Gasteiger partial charge is 0.497 e. The summed E-state index contributed by atoms with van der Waals surface area (Å²) in [6, 6.07) is 14.7. The average molecular weight is 359 g/mol. The number of ether oxygens (including phenoxy) is 1. The van der Waals surface area contributed by atoms with E-state index in [1.165, 1.54) is 12.1 Å². The fourth-order valence-electron chi connectivity index (χ4n) is 2.61. The van der Waals surface area contributed by atoms with Crippen molar-refractivity contribution in [2.75, 3.05) is 7.11 Å². The van der Waals surface area contributed by atoms with Crippen LogP contribution in [0.1, 0.15) is 12.0 Å². The van der Waals surface area contributed by atoms with E-state index in [0.717, 1.165) is 10.5 Å². The summed E-state index contributed by atoms with van der Waals surface area (Å²) in [6.45, 7) is 0.0858. The van der Waals surface area contributed by atoms with Crippen molar-refractivity contribution < 1.29 is 23.1 Å². The highest BCUT2D eigenvalue weighted by Gasteiger charge is 2.37. The molecule has 0 radical (unpaired) electrons. The number of carbonyl (C=O) groups excluding carboxylic acids is 1. The van der Waals surface area contributed by atoms with E-state index in [1.807, 2.05) is 0 Å². The molecule has 0 saturated carbocycles. The van der Waals surface area contributed by atoms with Gasteiger partial charge in [0.1, 0.15) is 10.7 Å². The molecule has 25 heavy (non-hydrogen) atoms. The molecule has 0 spiro atoms. The lowest BCUT2D eigenvalue weighted by Crippen LogP contribution is -2.24. The lowest BCUT2D eigenvalue weighted by Gasteiger charge is -2.16. The van der Waals surface area contributed by atoms with E-state index in [-0.39, 0.29) is 22.8 Å². The number of carbonyl (C=O) groups is 1. The first-order valence-electron chi connectivity index (χ1n) is 7.59. The second-order valence-corrected chi connectivity index (χ2v) is 7.54. The van der Waals surface area contributed by atoms with Gasteiger partial charge in [0.2, 0.25) is 21.6 Å². The van der Waals surface area contributed by atoms with Gasteiger partial charge in [-0.05, 0) is 29.8 Å². The Morgan fingerprint density at radius 2 is 1.72 bits per heavy atom. The van der Waals surface area contributed by atoms with Gasteiger partial charge in [-0.2, -0.15) is 0 Å². The number of rotatable bonds is 5. The number of hydrogen-bond acceptors (Lipinski definition) is 5. The number of sulfone groups is 1. The maximum absolute atomic E-state index is 12.7. The van der Waals surface area contributed by atoms with Gasteiger partial charge in [0.25, 0.3) is 0 Å². The summed E-state index contributed by atoms with van der Waals surface area (Å²) < 4.78 is 30.4. The van der Waals surface area contributed by atoms with Crippen LogP contribution in [0.3, 0.4) is 0 Å². The molecule has 0 unspecified atom stereocenters. The molecule has 1 N–H and O–H groups in total. The molecule has 0 fully saturated rings. The molecule has 2 aromatic rings. The molecule has 0 saturated heterocycles. The summed E-state index contributed by atoms with van der Waals surface area (Å²) in [6.07, 6.45) is -0.348. The van der Waals surface area contributed by atoms with Crippen LogP contribution in [0.5, 0.6) is 5.75 Å². The highest BCUT2D eigenvalue weighted by Crippen LogP contribution is 2.32. The number of nitrogens with zero attached hydrogens (tertiary/aromatic N) is 1.